The Bertz CT molecular complexity index is 484. The molecule has 1 aromatic rings. The van der Waals surface area contributed by atoms with Gasteiger partial charge >= 0.3 is 6.03 Å². The van der Waals surface area contributed by atoms with Crippen molar-refractivity contribution in [2.24, 2.45) is 5.73 Å². The zero-order valence-electron chi connectivity index (χ0n) is 8.84. The molecule has 0 spiro atoms. The van der Waals surface area contributed by atoms with Crippen LogP contribution in [0.25, 0.3) is 12.3 Å². The maximum Gasteiger partial charge on any atom is 0.329 e. The maximum atomic E-state index is 11.7. The van der Waals surface area contributed by atoms with Gasteiger partial charge in [-0.1, -0.05) is 12.7 Å². The first-order valence-corrected chi connectivity index (χ1v) is 4.41. The van der Waals surface area contributed by atoms with Gasteiger partial charge in [0.15, 0.2) is 0 Å². The van der Waals surface area contributed by atoms with Crippen LogP contribution in [0, 0.1) is 0 Å². The molecule has 0 unspecified atom stereocenters. The largest absolute Gasteiger partial charge is 0.403 e. The molecule has 0 fully saturated rings. The van der Waals surface area contributed by atoms with E-state index in [1.165, 1.54) is 22.0 Å². The quantitative estimate of drug-likeness (QED) is 0.646. The van der Waals surface area contributed by atoms with Gasteiger partial charge in [-0.25, -0.2) is 14.3 Å². The summed E-state index contributed by atoms with van der Waals surface area (Å²) in [5.41, 5.74) is 5.45. The van der Waals surface area contributed by atoms with Crippen molar-refractivity contribution in [3.05, 3.63) is 29.7 Å². The molecule has 1 amide bonds. The van der Waals surface area contributed by atoms with Crippen molar-refractivity contribution < 1.29 is 4.79 Å². The molecule has 0 aliphatic heterocycles. The summed E-state index contributed by atoms with van der Waals surface area (Å²) in [5.74, 6) is 0. The van der Waals surface area contributed by atoms with Crippen molar-refractivity contribution in [3.8, 4) is 0 Å². The number of carbonyl (C=O) groups is 1. The Kier molecular flexibility index (Phi) is 3.28. The minimum atomic E-state index is -0.192. The standard InChI is InChI=1S/C10H14N4O/c1-4-5-8-9(6-11)14(7-12-8)10(15)13(2)3/h4-7H,1,11H2,2-3H3/b8-5+,9-6+. The Morgan fingerprint density at radius 3 is 2.80 bits per heavy atom. The number of amides is 1. The molecule has 0 aromatic carbocycles. The van der Waals surface area contributed by atoms with Gasteiger partial charge in [0.1, 0.15) is 6.33 Å². The van der Waals surface area contributed by atoms with Crippen molar-refractivity contribution in [1.29, 1.82) is 0 Å². The Morgan fingerprint density at radius 1 is 1.67 bits per heavy atom. The highest BCUT2D eigenvalue weighted by Crippen LogP contribution is 1.83. The molecule has 0 aliphatic rings. The second-order valence-electron chi connectivity index (χ2n) is 3.13. The molecular weight excluding hydrogens is 192 g/mol. The van der Waals surface area contributed by atoms with E-state index >= 15 is 0 Å². The summed E-state index contributed by atoms with van der Waals surface area (Å²) < 4.78 is 1.38. The Morgan fingerprint density at radius 2 is 2.33 bits per heavy atom. The topological polar surface area (TPSA) is 64.2 Å². The van der Waals surface area contributed by atoms with Crippen molar-refractivity contribution in [2.75, 3.05) is 14.1 Å². The molecule has 2 N–H and O–H groups in total. The van der Waals surface area contributed by atoms with E-state index in [-0.39, 0.29) is 6.03 Å². The Balaban J connectivity index is 3.42. The van der Waals surface area contributed by atoms with E-state index in [9.17, 15) is 4.79 Å². The van der Waals surface area contributed by atoms with Crippen molar-refractivity contribution in [2.45, 2.75) is 0 Å². The van der Waals surface area contributed by atoms with Crippen LogP contribution in [0.15, 0.2) is 19.0 Å². The molecule has 0 radical (unpaired) electrons. The van der Waals surface area contributed by atoms with Crippen molar-refractivity contribution in [1.82, 2.24) is 14.5 Å². The minimum Gasteiger partial charge on any atom is -0.403 e. The van der Waals surface area contributed by atoms with Gasteiger partial charge in [0.2, 0.25) is 0 Å². The van der Waals surface area contributed by atoms with Crippen LogP contribution in [0.3, 0.4) is 0 Å². The molecule has 0 atom stereocenters. The molecule has 5 heteroatoms. The van der Waals surface area contributed by atoms with Crippen LogP contribution in [-0.2, 0) is 0 Å². The smallest absolute Gasteiger partial charge is 0.329 e. The summed E-state index contributed by atoms with van der Waals surface area (Å²) in [6.45, 7) is 3.57. The van der Waals surface area contributed by atoms with E-state index in [1.807, 2.05) is 0 Å². The summed E-state index contributed by atoms with van der Waals surface area (Å²) in [6, 6.07) is -0.192. The lowest BCUT2D eigenvalue weighted by Gasteiger charge is -2.09. The van der Waals surface area contributed by atoms with Crippen molar-refractivity contribution in [3.63, 3.8) is 0 Å². The predicted molar refractivity (Wildman–Crippen MR) is 59.3 cm³/mol. The van der Waals surface area contributed by atoms with Crippen LogP contribution in [0.1, 0.15) is 0 Å². The van der Waals surface area contributed by atoms with Crippen LogP contribution >= 0.6 is 0 Å². The minimum absolute atomic E-state index is 0.192. The third-order valence-electron chi connectivity index (χ3n) is 1.86. The number of aromatic nitrogens is 2. The van der Waals surface area contributed by atoms with Crippen LogP contribution < -0.4 is 16.4 Å². The molecular formula is C10H14N4O. The Hall–Kier alpha value is -2.04. The van der Waals surface area contributed by atoms with Crippen LogP contribution in [0.5, 0.6) is 0 Å². The number of hydrogen-bond donors (Lipinski definition) is 1. The lowest BCUT2D eigenvalue weighted by atomic mass is 10.4. The number of nitrogens with two attached hydrogens (primary N) is 1. The van der Waals surface area contributed by atoms with Gasteiger partial charge in [0.25, 0.3) is 0 Å². The summed E-state index contributed by atoms with van der Waals surface area (Å²) in [4.78, 5) is 17.2. The van der Waals surface area contributed by atoms with Gasteiger partial charge in [-0.2, -0.15) is 0 Å². The molecule has 15 heavy (non-hydrogen) atoms. The number of rotatable bonds is 1. The highest BCUT2D eigenvalue weighted by Gasteiger charge is 2.08. The molecule has 0 aliphatic carbocycles. The summed E-state index contributed by atoms with van der Waals surface area (Å²) in [7, 11) is 3.33. The third kappa shape index (κ3) is 2.07. The normalized spacial score (nSPS) is 12.9. The van der Waals surface area contributed by atoms with Gasteiger partial charge < -0.3 is 10.6 Å². The van der Waals surface area contributed by atoms with Gasteiger partial charge in [0, 0.05) is 20.3 Å². The molecule has 0 saturated carbocycles. The van der Waals surface area contributed by atoms with E-state index < -0.39 is 0 Å². The number of nitrogens with zero attached hydrogens (tertiary/aromatic N) is 3. The number of imidazole rings is 1. The molecule has 1 aromatic heterocycles. The highest BCUT2D eigenvalue weighted by atomic mass is 16.2. The Labute approximate surface area is 87.8 Å². The molecule has 80 valence electrons. The first-order chi connectivity index (χ1) is 7.11. The maximum absolute atomic E-state index is 11.7. The second-order valence-corrected chi connectivity index (χ2v) is 3.13. The zero-order valence-corrected chi connectivity index (χ0v) is 8.84. The predicted octanol–water partition coefficient (Wildman–Crippen LogP) is -0.924. The lowest BCUT2D eigenvalue weighted by molar-refractivity contribution is 0.218. The van der Waals surface area contributed by atoms with Crippen molar-refractivity contribution >= 4 is 18.3 Å². The number of hydrogen-bond acceptors (Lipinski definition) is 3. The summed E-state index contributed by atoms with van der Waals surface area (Å²) in [6.07, 6.45) is 6.08. The first-order valence-electron chi connectivity index (χ1n) is 4.41. The monoisotopic (exact) mass is 206 g/mol. The molecule has 1 heterocycles. The van der Waals surface area contributed by atoms with Gasteiger partial charge in [0.05, 0.1) is 10.7 Å². The van der Waals surface area contributed by atoms with Crippen LogP contribution in [0.4, 0.5) is 4.79 Å². The average Bonchev–Trinajstić information content (AvgIpc) is 2.60. The lowest BCUT2D eigenvalue weighted by Crippen LogP contribution is -2.39. The third-order valence-corrected chi connectivity index (χ3v) is 1.86. The van der Waals surface area contributed by atoms with E-state index in [0.29, 0.717) is 10.7 Å². The second kappa shape index (κ2) is 4.45. The summed E-state index contributed by atoms with van der Waals surface area (Å²) >= 11 is 0. The average molecular weight is 206 g/mol. The van der Waals surface area contributed by atoms with Crippen LogP contribution in [0.2, 0.25) is 0 Å². The van der Waals surface area contributed by atoms with E-state index in [4.69, 9.17) is 5.73 Å². The zero-order chi connectivity index (χ0) is 11.4. The first kappa shape index (κ1) is 11.0. The molecule has 0 saturated heterocycles. The van der Waals surface area contributed by atoms with Gasteiger partial charge in [-0.05, 0) is 6.08 Å². The fourth-order valence-electron chi connectivity index (χ4n) is 1.15. The number of allylic oxidation sites excluding steroid dienone is 1. The van der Waals surface area contributed by atoms with E-state index in [0.717, 1.165) is 0 Å². The molecule has 1 rings (SSSR count). The van der Waals surface area contributed by atoms with Gasteiger partial charge in [-0.3, -0.25) is 0 Å². The van der Waals surface area contributed by atoms with Crippen LogP contribution in [-0.4, -0.2) is 34.6 Å². The SMILES string of the molecule is C=C/C=c1/ncn(C(=O)N(C)C)/c1=C/N. The fraction of sp³-hybridized carbons (Fsp3) is 0.200. The fourth-order valence-corrected chi connectivity index (χ4v) is 1.15. The van der Waals surface area contributed by atoms with E-state index in [2.05, 4.69) is 11.6 Å². The summed E-state index contributed by atoms with van der Waals surface area (Å²) in [5, 5.41) is 1.19. The number of carbonyl (C=O) groups excluding carboxylic acids is 1. The molecule has 5 nitrogen and oxygen atoms in total. The highest BCUT2D eigenvalue weighted by molar-refractivity contribution is 5.76. The molecule has 0 bridgehead atoms. The van der Waals surface area contributed by atoms with Gasteiger partial charge in [-0.15, -0.1) is 0 Å². The van der Waals surface area contributed by atoms with E-state index in [1.54, 1.807) is 26.2 Å².